The highest BCUT2D eigenvalue weighted by Crippen LogP contribution is 2.14. The zero-order valence-electron chi connectivity index (χ0n) is 13.2. The molecule has 0 saturated heterocycles. The lowest BCUT2D eigenvalue weighted by Gasteiger charge is -2.07. The number of carbonyl (C=O) groups is 1. The zero-order chi connectivity index (χ0) is 16.7. The smallest absolute Gasteiger partial charge is 0.308 e. The molecular weight excluding hydrogens is 318 g/mol. The predicted molar refractivity (Wildman–Crippen MR) is 86.6 cm³/mol. The molecule has 0 radical (unpaired) electrons. The Morgan fingerprint density at radius 1 is 1.39 bits per heavy atom. The largest absolute Gasteiger partial charge is 0.417 e. The van der Waals surface area contributed by atoms with Crippen molar-refractivity contribution in [3.05, 3.63) is 46.6 Å². The van der Waals surface area contributed by atoms with Crippen LogP contribution in [0.3, 0.4) is 0 Å². The summed E-state index contributed by atoms with van der Waals surface area (Å²) in [4.78, 5) is 11.9. The lowest BCUT2D eigenvalue weighted by molar-refractivity contribution is 0.0752. The number of aromatic nitrogens is 2. The van der Waals surface area contributed by atoms with Gasteiger partial charge < -0.3 is 14.5 Å². The van der Waals surface area contributed by atoms with Crippen LogP contribution in [0.15, 0.2) is 28.7 Å². The Kier molecular flexibility index (Phi) is 6.55. The fraction of sp³-hybridized carbons (Fsp3) is 0.438. The number of amides is 1. The van der Waals surface area contributed by atoms with Crippen LogP contribution in [0, 0.1) is 0 Å². The first-order valence-corrected chi connectivity index (χ1v) is 7.89. The van der Waals surface area contributed by atoms with Gasteiger partial charge in [0.25, 0.3) is 0 Å². The minimum atomic E-state index is -0.376. The van der Waals surface area contributed by atoms with Gasteiger partial charge in [-0.25, -0.2) is 0 Å². The third-order valence-corrected chi connectivity index (χ3v) is 3.20. The summed E-state index contributed by atoms with van der Waals surface area (Å²) in [5.41, 5.74) is 0.943. The molecule has 1 aromatic heterocycles. The molecule has 0 saturated carbocycles. The summed E-state index contributed by atoms with van der Waals surface area (Å²) < 4.78 is 10.8. The first-order valence-electron chi connectivity index (χ1n) is 7.51. The topological polar surface area (TPSA) is 77.2 Å². The Balaban J connectivity index is 1.80. The van der Waals surface area contributed by atoms with Crippen LogP contribution >= 0.6 is 11.6 Å². The number of rotatable bonds is 8. The SMILES string of the molecule is CC(C)OCCCNC(=O)c1nnc(Cc2cccc(Cl)c2)o1. The first kappa shape index (κ1) is 17.4. The average molecular weight is 338 g/mol. The molecule has 0 unspecified atom stereocenters. The summed E-state index contributed by atoms with van der Waals surface area (Å²) in [6.07, 6.45) is 1.35. The van der Waals surface area contributed by atoms with Gasteiger partial charge in [-0.1, -0.05) is 23.7 Å². The molecule has 7 heteroatoms. The zero-order valence-corrected chi connectivity index (χ0v) is 14.0. The molecule has 124 valence electrons. The highest BCUT2D eigenvalue weighted by molar-refractivity contribution is 6.30. The van der Waals surface area contributed by atoms with Crippen molar-refractivity contribution in [2.24, 2.45) is 0 Å². The Bertz CT molecular complexity index is 643. The molecule has 23 heavy (non-hydrogen) atoms. The maximum atomic E-state index is 11.9. The summed E-state index contributed by atoms with van der Waals surface area (Å²) in [6.45, 7) is 5.04. The molecule has 6 nitrogen and oxygen atoms in total. The van der Waals surface area contributed by atoms with Crippen LogP contribution in [-0.2, 0) is 11.2 Å². The molecule has 1 heterocycles. The van der Waals surface area contributed by atoms with Gasteiger partial charge in [0.15, 0.2) is 0 Å². The Morgan fingerprint density at radius 3 is 2.96 bits per heavy atom. The first-order chi connectivity index (χ1) is 11.0. The number of carbonyl (C=O) groups excluding carboxylic acids is 1. The van der Waals surface area contributed by atoms with Crippen molar-refractivity contribution in [3.63, 3.8) is 0 Å². The fourth-order valence-electron chi connectivity index (χ4n) is 1.91. The maximum absolute atomic E-state index is 11.9. The van der Waals surface area contributed by atoms with E-state index >= 15 is 0 Å². The lowest BCUT2D eigenvalue weighted by atomic mass is 10.1. The van der Waals surface area contributed by atoms with Gasteiger partial charge in [0.2, 0.25) is 5.89 Å². The second-order valence-corrected chi connectivity index (χ2v) is 5.77. The standard InChI is InChI=1S/C16H20ClN3O3/c1-11(2)22-8-4-7-18-15(21)16-20-19-14(23-16)10-12-5-3-6-13(17)9-12/h3,5-6,9,11H,4,7-8,10H2,1-2H3,(H,18,21). The van der Waals surface area contributed by atoms with E-state index in [4.69, 9.17) is 20.8 Å². The molecule has 2 rings (SSSR count). The normalized spacial score (nSPS) is 11.0. The minimum Gasteiger partial charge on any atom is -0.417 e. The molecule has 1 aromatic carbocycles. The quantitative estimate of drug-likeness (QED) is 0.749. The van der Waals surface area contributed by atoms with Crippen molar-refractivity contribution in [1.82, 2.24) is 15.5 Å². The second kappa shape index (κ2) is 8.64. The molecule has 0 aliphatic rings. The maximum Gasteiger partial charge on any atom is 0.308 e. The second-order valence-electron chi connectivity index (χ2n) is 5.34. The van der Waals surface area contributed by atoms with Gasteiger partial charge in [-0.2, -0.15) is 0 Å². The molecular formula is C16H20ClN3O3. The van der Waals surface area contributed by atoms with Crippen LogP contribution in [0.2, 0.25) is 5.02 Å². The van der Waals surface area contributed by atoms with Crippen LogP contribution in [0.4, 0.5) is 0 Å². The van der Waals surface area contributed by atoms with Crippen molar-refractivity contribution < 1.29 is 13.9 Å². The number of hydrogen-bond donors (Lipinski definition) is 1. The van der Waals surface area contributed by atoms with E-state index in [0.717, 1.165) is 12.0 Å². The summed E-state index contributed by atoms with van der Waals surface area (Å²) in [6, 6.07) is 7.37. The minimum absolute atomic E-state index is 0.0354. The molecule has 0 aliphatic carbocycles. The van der Waals surface area contributed by atoms with Gasteiger partial charge in [0.1, 0.15) is 0 Å². The Morgan fingerprint density at radius 2 is 2.22 bits per heavy atom. The lowest BCUT2D eigenvalue weighted by Crippen LogP contribution is -2.25. The van der Waals surface area contributed by atoms with Crippen molar-refractivity contribution in [2.75, 3.05) is 13.2 Å². The molecule has 0 fully saturated rings. The average Bonchev–Trinajstić information content (AvgIpc) is 2.95. The number of halogens is 1. The molecule has 1 amide bonds. The predicted octanol–water partition coefficient (Wildman–Crippen LogP) is 2.86. The van der Waals surface area contributed by atoms with Crippen LogP contribution in [0.5, 0.6) is 0 Å². The van der Waals surface area contributed by atoms with Gasteiger partial charge in [-0.3, -0.25) is 4.79 Å². The van der Waals surface area contributed by atoms with E-state index in [1.807, 2.05) is 32.0 Å². The summed E-state index contributed by atoms with van der Waals surface area (Å²) in [5.74, 6) is -0.0354. The molecule has 0 atom stereocenters. The highest BCUT2D eigenvalue weighted by atomic mass is 35.5. The van der Waals surface area contributed by atoms with Crippen molar-refractivity contribution in [2.45, 2.75) is 32.8 Å². The van der Waals surface area contributed by atoms with E-state index in [9.17, 15) is 4.79 Å². The van der Waals surface area contributed by atoms with E-state index in [1.165, 1.54) is 0 Å². The van der Waals surface area contributed by atoms with Crippen LogP contribution in [0.25, 0.3) is 0 Å². The summed E-state index contributed by atoms with van der Waals surface area (Å²) >= 11 is 5.93. The molecule has 2 aromatic rings. The van der Waals surface area contributed by atoms with Crippen molar-refractivity contribution in [3.8, 4) is 0 Å². The van der Waals surface area contributed by atoms with Gasteiger partial charge >= 0.3 is 11.8 Å². The van der Waals surface area contributed by atoms with Crippen LogP contribution in [-0.4, -0.2) is 35.4 Å². The number of hydrogen-bond acceptors (Lipinski definition) is 5. The summed E-state index contributed by atoms with van der Waals surface area (Å²) in [5, 5.41) is 11.0. The monoisotopic (exact) mass is 337 g/mol. The summed E-state index contributed by atoms with van der Waals surface area (Å²) in [7, 11) is 0. The van der Waals surface area contributed by atoms with Crippen LogP contribution in [0.1, 0.15) is 42.4 Å². The van der Waals surface area contributed by atoms with Gasteiger partial charge in [0.05, 0.1) is 12.5 Å². The van der Waals surface area contributed by atoms with Crippen molar-refractivity contribution in [1.29, 1.82) is 0 Å². The van der Waals surface area contributed by atoms with Gasteiger partial charge in [-0.15, -0.1) is 10.2 Å². The molecule has 0 bridgehead atoms. The van der Waals surface area contributed by atoms with E-state index in [0.29, 0.717) is 30.5 Å². The van der Waals surface area contributed by atoms with E-state index < -0.39 is 0 Å². The van der Waals surface area contributed by atoms with Crippen LogP contribution < -0.4 is 5.32 Å². The number of ether oxygens (including phenoxy) is 1. The van der Waals surface area contributed by atoms with Gasteiger partial charge in [-0.05, 0) is 38.0 Å². The van der Waals surface area contributed by atoms with E-state index in [-0.39, 0.29) is 17.9 Å². The fourth-order valence-corrected chi connectivity index (χ4v) is 2.12. The van der Waals surface area contributed by atoms with Gasteiger partial charge in [0, 0.05) is 18.2 Å². The third-order valence-electron chi connectivity index (χ3n) is 2.96. The molecule has 0 spiro atoms. The number of benzene rings is 1. The van der Waals surface area contributed by atoms with E-state index in [1.54, 1.807) is 6.07 Å². The highest BCUT2D eigenvalue weighted by Gasteiger charge is 2.14. The Hall–Kier alpha value is -1.92. The molecule has 0 aliphatic heterocycles. The Labute approximate surface area is 140 Å². The molecule has 1 N–H and O–H groups in total. The number of nitrogens with zero attached hydrogens (tertiary/aromatic N) is 2. The third kappa shape index (κ3) is 6.00. The van der Waals surface area contributed by atoms with Crippen molar-refractivity contribution >= 4 is 17.5 Å². The number of nitrogens with one attached hydrogen (secondary N) is 1. The van der Waals surface area contributed by atoms with E-state index in [2.05, 4.69) is 15.5 Å².